The number of nitrogens with one attached hydrogen (secondary N) is 1. The smallest absolute Gasteiger partial charge is 0.224 e. The van der Waals surface area contributed by atoms with E-state index in [1.165, 1.54) is 0 Å². The maximum absolute atomic E-state index is 11.8. The second kappa shape index (κ2) is 7.10. The van der Waals surface area contributed by atoms with Crippen molar-refractivity contribution in [2.24, 2.45) is 0 Å². The van der Waals surface area contributed by atoms with Gasteiger partial charge in [-0.25, -0.2) is 0 Å². The molecule has 0 aliphatic carbocycles. The van der Waals surface area contributed by atoms with Crippen LogP contribution in [0.1, 0.15) is 11.1 Å². The first-order valence-corrected chi connectivity index (χ1v) is 7.11. The molecule has 0 bridgehead atoms. The molecule has 3 nitrogen and oxygen atoms in total. The van der Waals surface area contributed by atoms with Crippen molar-refractivity contribution in [1.29, 1.82) is 0 Å². The Morgan fingerprint density at radius 2 is 1.65 bits per heavy atom. The third kappa shape index (κ3) is 4.38. The average Bonchev–Trinajstić information content (AvgIpc) is 2.48. The quantitative estimate of drug-likeness (QED) is 0.911. The van der Waals surface area contributed by atoms with Gasteiger partial charge in [0.25, 0.3) is 0 Å². The number of halogens is 1. The van der Waals surface area contributed by atoms with Gasteiger partial charge >= 0.3 is 0 Å². The van der Waals surface area contributed by atoms with E-state index in [0.29, 0.717) is 13.0 Å². The molecule has 0 spiro atoms. The molecule has 20 heavy (non-hydrogen) atoms. The van der Waals surface area contributed by atoms with Crippen molar-refractivity contribution in [3.05, 3.63) is 64.1 Å². The van der Waals surface area contributed by atoms with Crippen LogP contribution >= 0.6 is 15.9 Å². The lowest BCUT2D eigenvalue weighted by Gasteiger charge is -2.06. The zero-order chi connectivity index (χ0) is 14.4. The third-order valence-corrected chi connectivity index (χ3v) is 3.46. The summed E-state index contributed by atoms with van der Waals surface area (Å²) < 4.78 is 6.11. The molecule has 0 aromatic heterocycles. The number of hydrogen-bond donors (Lipinski definition) is 1. The SMILES string of the molecule is COc1ccc(CNC(=O)Cc2ccc(Br)cc2)cc1. The lowest BCUT2D eigenvalue weighted by Crippen LogP contribution is -2.24. The molecule has 2 aromatic carbocycles. The highest BCUT2D eigenvalue weighted by molar-refractivity contribution is 9.10. The van der Waals surface area contributed by atoms with E-state index >= 15 is 0 Å². The maximum atomic E-state index is 11.8. The van der Waals surface area contributed by atoms with E-state index in [9.17, 15) is 4.79 Å². The van der Waals surface area contributed by atoms with Crippen molar-refractivity contribution in [1.82, 2.24) is 5.32 Å². The Balaban J connectivity index is 1.83. The average molecular weight is 334 g/mol. The van der Waals surface area contributed by atoms with Crippen LogP contribution in [0.2, 0.25) is 0 Å². The van der Waals surface area contributed by atoms with Gasteiger partial charge in [0.1, 0.15) is 5.75 Å². The second-order valence-corrected chi connectivity index (χ2v) is 5.34. The van der Waals surface area contributed by atoms with E-state index < -0.39 is 0 Å². The molecule has 1 N–H and O–H groups in total. The van der Waals surface area contributed by atoms with Crippen molar-refractivity contribution < 1.29 is 9.53 Å². The molecule has 0 saturated carbocycles. The van der Waals surface area contributed by atoms with E-state index in [1.807, 2.05) is 48.5 Å². The molecule has 2 rings (SSSR count). The van der Waals surface area contributed by atoms with Gasteiger partial charge in [0.2, 0.25) is 5.91 Å². The van der Waals surface area contributed by atoms with Crippen LogP contribution < -0.4 is 10.1 Å². The predicted octanol–water partition coefficient (Wildman–Crippen LogP) is 3.32. The first-order valence-electron chi connectivity index (χ1n) is 6.31. The fraction of sp³-hybridized carbons (Fsp3) is 0.188. The molecule has 4 heteroatoms. The summed E-state index contributed by atoms with van der Waals surface area (Å²) in [5.41, 5.74) is 2.05. The van der Waals surface area contributed by atoms with E-state index in [-0.39, 0.29) is 5.91 Å². The van der Waals surface area contributed by atoms with Crippen LogP contribution in [0.5, 0.6) is 5.75 Å². The number of methoxy groups -OCH3 is 1. The number of amides is 1. The van der Waals surface area contributed by atoms with Crippen LogP contribution in [0.3, 0.4) is 0 Å². The number of benzene rings is 2. The molecule has 1 amide bonds. The standard InChI is InChI=1S/C16H16BrNO2/c1-20-15-8-4-13(5-9-15)11-18-16(19)10-12-2-6-14(17)7-3-12/h2-9H,10-11H2,1H3,(H,18,19). The topological polar surface area (TPSA) is 38.3 Å². The van der Waals surface area contributed by atoms with Gasteiger partial charge in [-0.3, -0.25) is 4.79 Å². The van der Waals surface area contributed by atoms with Gasteiger partial charge in [0.15, 0.2) is 0 Å². The summed E-state index contributed by atoms with van der Waals surface area (Å²) in [5.74, 6) is 0.832. The highest BCUT2D eigenvalue weighted by Crippen LogP contribution is 2.12. The molecule has 0 radical (unpaired) electrons. The molecule has 0 aliphatic rings. The molecule has 0 atom stereocenters. The van der Waals surface area contributed by atoms with E-state index in [4.69, 9.17) is 4.74 Å². The van der Waals surface area contributed by atoms with Crippen molar-refractivity contribution in [3.8, 4) is 5.75 Å². The molecule has 2 aromatic rings. The van der Waals surface area contributed by atoms with Crippen LogP contribution in [-0.2, 0) is 17.8 Å². The summed E-state index contributed by atoms with van der Waals surface area (Å²) in [6.07, 6.45) is 0.392. The summed E-state index contributed by atoms with van der Waals surface area (Å²) >= 11 is 3.37. The minimum atomic E-state index is 0.0168. The molecular formula is C16H16BrNO2. The molecule has 0 heterocycles. The van der Waals surface area contributed by atoms with Gasteiger partial charge in [-0.15, -0.1) is 0 Å². The van der Waals surface area contributed by atoms with Crippen molar-refractivity contribution in [2.45, 2.75) is 13.0 Å². The van der Waals surface area contributed by atoms with Gasteiger partial charge in [-0.1, -0.05) is 40.2 Å². The van der Waals surface area contributed by atoms with E-state index in [2.05, 4.69) is 21.2 Å². The highest BCUT2D eigenvalue weighted by Gasteiger charge is 2.03. The van der Waals surface area contributed by atoms with Gasteiger partial charge in [0.05, 0.1) is 13.5 Å². The molecule has 0 unspecified atom stereocenters. The number of rotatable bonds is 5. The van der Waals surface area contributed by atoms with Crippen molar-refractivity contribution in [2.75, 3.05) is 7.11 Å². The Labute approximate surface area is 127 Å². The third-order valence-electron chi connectivity index (χ3n) is 2.93. The summed E-state index contributed by atoms with van der Waals surface area (Å²) in [6, 6.07) is 15.4. The van der Waals surface area contributed by atoms with Crippen LogP contribution in [-0.4, -0.2) is 13.0 Å². The summed E-state index contributed by atoms with van der Waals surface area (Å²) in [5, 5.41) is 2.91. The molecule has 0 saturated heterocycles. The summed E-state index contributed by atoms with van der Waals surface area (Å²) in [6.45, 7) is 0.527. The molecule has 0 fully saturated rings. The van der Waals surface area contributed by atoms with Crippen LogP contribution in [0.25, 0.3) is 0 Å². The highest BCUT2D eigenvalue weighted by atomic mass is 79.9. The predicted molar refractivity (Wildman–Crippen MR) is 82.7 cm³/mol. The lowest BCUT2D eigenvalue weighted by atomic mass is 10.1. The van der Waals surface area contributed by atoms with E-state index in [1.54, 1.807) is 7.11 Å². The normalized spacial score (nSPS) is 10.1. The van der Waals surface area contributed by atoms with Crippen LogP contribution in [0.15, 0.2) is 53.0 Å². The van der Waals surface area contributed by atoms with Gasteiger partial charge in [-0.05, 0) is 35.4 Å². The Bertz CT molecular complexity index is 564. The Hall–Kier alpha value is -1.81. The Morgan fingerprint density at radius 1 is 1.05 bits per heavy atom. The Morgan fingerprint density at radius 3 is 2.25 bits per heavy atom. The first-order chi connectivity index (χ1) is 9.67. The minimum absolute atomic E-state index is 0.0168. The van der Waals surface area contributed by atoms with Gasteiger partial charge < -0.3 is 10.1 Å². The van der Waals surface area contributed by atoms with Crippen LogP contribution in [0, 0.1) is 0 Å². The number of hydrogen-bond acceptors (Lipinski definition) is 2. The van der Waals surface area contributed by atoms with Crippen molar-refractivity contribution >= 4 is 21.8 Å². The first kappa shape index (κ1) is 14.6. The number of carbonyl (C=O) groups excluding carboxylic acids is 1. The molecule has 0 aliphatic heterocycles. The Kier molecular flexibility index (Phi) is 5.18. The lowest BCUT2D eigenvalue weighted by molar-refractivity contribution is -0.120. The summed E-state index contributed by atoms with van der Waals surface area (Å²) in [4.78, 5) is 11.8. The minimum Gasteiger partial charge on any atom is -0.497 e. The van der Waals surface area contributed by atoms with Crippen LogP contribution in [0.4, 0.5) is 0 Å². The fourth-order valence-corrected chi connectivity index (χ4v) is 2.06. The molecular weight excluding hydrogens is 318 g/mol. The van der Waals surface area contributed by atoms with Gasteiger partial charge in [-0.2, -0.15) is 0 Å². The fourth-order valence-electron chi connectivity index (χ4n) is 1.79. The number of ether oxygens (including phenoxy) is 1. The van der Waals surface area contributed by atoms with E-state index in [0.717, 1.165) is 21.3 Å². The van der Waals surface area contributed by atoms with Gasteiger partial charge in [0, 0.05) is 11.0 Å². The largest absolute Gasteiger partial charge is 0.497 e. The maximum Gasteiger partial charge on any atom is 0.224 e. The van der Waals surface area contributed by atoms with Crippen molar-refractivity contribution in [3.63, 3.8) is 0 Å². The molecule has 104 valence electrons. The zero-order valence-corrected chi connectivity index (χ0v) is 12.8. The number of carbonyl (C=O) groups is 1. The summed E-state index contributed by atoms with van der Waals surface area (Å²) in [7, 11) is 1.63. The monoisotopic (exact) mass is 333 g/mol. The second-order valence-electron chi connectivity index (χ2n) is 4.43. The zero-order valence-electron chi connectivity index (χ0n) is 11.2.